The third-order valence-corrected chi connectivity index (χ3v) is 4.12. The van der Waals surface area contributed by atoms with Gasteiger partial charge >= 0.3 is 0 Å². The number of phenols is 1. The van der Waals surface area contributed by atoms with Gasteiger partial charge in [0.25, 0.3) is 0 Å². The molecule has 3 rings (SSSR count). The highest BCUT2D eigenvalue weighted by Gasteiger charge is 2.29. The Morgan fingerprint density at radius 1 is 0.950 bits per heavy atom. The average Bonchev–Trinajstić information content (AvgIpc) is 3.31. The fourth-order valence-corrected chi connectivity index (χ4v) is 2.69. The molecule has 0 heterocycles. The molecule has 0 spiro atoms. The summed E-state index contributed by atoms with van der Waals surface area (Å²) >= 11 is 0. The number of rotatable bonds is 5. The molecule has 2 nitrogen and oxygen atoms in total. The molecule has 1 fully saturated rings. The summed E-state index contributed by atoms with van der Waals surface area (Å²) < 4.78 is 0. The highest BCUT2D eigenvalue weighted by molar-refractivity contribution is 5.35. The van der Waals surface area contributed by atoms with Gasteiger partial charge in [-0.1, -0.05) is 42.5 Å². The zero-order valence-electron chi connectivity index (χ0n) is 11.8. The Labute approximate surface area is 120 Å². The van der Waals surface area contributed by atoms with Gasteiger partial charge in [0.15, 0.2) is 0 Å². The summed E-state index contributed by atoms with van der Waals surface area (Å²) in [5.41, 5.74) is 2.46. The molecule has 0 amide bonds. The van der Waals surface area contributed by atoms with E-state index in [0.29, 0.717) is 11.8 Å². The van der Waals surface area contributed by atoms with Crippen molar-refractivity contribution in [2.75, 3.05) is 0 Å². The molecular formula is C18H21NO. The molecule has 2 heteroatoms. The van der Waals surface area contributed by atoms with Crippen LogP contribution in [0.1, 0.15) is 36.9 Å². The molecule has 104 valence electrons. The summed E-state index contributed by atoms with van der Waals surface area (Å²) in [6, 6.07) is 18.7. The second kappa shape index (κ2) is 5.68. The van der Waals surface area contributed by atoms with Crippen molar-refractivity contribution in [2.24, 2.45) is 5.92 Å². The van der Waals surface area contributed by atoms with E-state index in [0.717, 1.165) is 5.92 Å². The fourth-order valence-electron chi connectivity index (χ4n) is 2.69. The topological polar surface area (TPSA) is 32.3 Å². The Hall–Kier alpha value is -1.80. The molecule has 0 bridgehead atoms. The first-order valence-electron chi connectivity index (χ1n) is 7.34. The number of benzene rings is 2. The minimum absolute atomic E-state index is 0.187. The van der Waals surface area contributed by atoms with Crippen LogP contribution < -0.4 is 5.32 Å². The minimum Gasteiger partial charge on any atom is -0.508 e. The van der Waals surface area contributed by atoms with Crippen LogP contribution >= 0.6 is 0 Å². The van der Waals surface area contributed by atoms with Gasteiger partial charge < -0.3 is 10.4 Å². The lowest BCUT2D eigenvalue weighted by atomic mass is 9.97. The van der Waals surface area contributed by atoms with Crippen LogP contribution in [0.3, 0.4) is 0 Å². The van der Waals surface area contributed by atoms with Gasteiger partial charge in [0.1, 0.15) is 5.75 Å². The largest absolute Gasteiger partial charge is 0.508 e. The summed E-state index contributed by atoms with van der Waals surface area (Å²) in [4.78, 5) is 0. The normalized spacial score (nSPS) is 17.6. The van der Waals surface area contributed by atoms with E-state index >= 15 is 0 Å². The molecule has 1 saturated carbocycles. The molecule has 20 heavy (non-hydrogen) atoms. The average molecular weight is 267 g/mol. The highest BCUT2D eigenvalue weighted by atomic mass is 16.3. The van der Waals surface area contributed by atoms with Crippen molar-refractivity contribution in [1.29, 1.82) is 0 Å². The van der Waals surface area contributed by atoms with E-state index in [9.17, 15) is 5.11 Å². The molecule has 0 radical (unpaired) electrons. The predicted molar refractivity (Wildman–Crippen MR) is 81.7 cm³/mol. The maximum Gasteiger partial charge on any atom is 0.115 e. The van der Waals surface area contributed by atoms with Gasteiger partial charge in [-0.25, -0.2) is 0 Å². The van der Waals surface area contributed by atoms with Crippen molar-refractivity contribution in [3.05, 3.63) is 65.7 Å². The standard InChI is InChI=1S/C18H21NO/c1-13(14-7-8-14)19-18(15-5-3-2-4-6-15)16-9-11-17(20)12-10-16/h2-6,9-14,18-20H,7-8H2,1H3. The molecule has 1 aliphatic carbocycles. The molecule has 2 N–H and O–H groups in total. The molecule has 0 aromatic heterocycles. The highest BCUT2D eigenvalue weighted by Crippen LogP contribution is 2.34. The van der Waals surface area contributed by atoms with E-state index in [-0.39, 0.29) is 6.04 Å². The summed E-state index contributed by atoms with van der Waals surface area (Å²) in [5.74, 6) is 1.13. The van der Waals surface area contributed by atoms with E-state index in [1.807, 2.05) is 18.2 Å². The van der Waals surface area contributed by atoms with Crippen molar-refractivity contribution >= 4 is 0 Å². The van der Waals surface area contributed by atoms with E-state index in [1.165, 1.54) is 24.0 Å². The van der Waals surface area contributed by atoms with E-state index in [2.05, 4.69) is 36.5 Å². The molecule has 1 aliphatic rings. The molecule has 2 aromatic carbocycles. The SMILES string of the molecule is CC(NC(c1ccccc1)c1ccc(O)cc1)C1CC1. The lowest BCUT2D eigenvalue weighted by Gasteiger charge is -2.24. The van der Waals surface area contributed by atoms with E-state index in [4.69, 9.17) is 0 Å². The zero-order valence-corrected chi connectivity index (χ0v) is 11.8. The molecular weight excluding hydrogens is 246 g/mol. The van der Waals surface area contributed by atoms with Crippen molar-refractivity contribution < 1.29 is 5.11 Å². The van der Waals surface area contributed by atoms with Gasteiger partial charge in [-0.3, -0.25) is 0 Å². The lowest BCUT2D eigenvalue weighted by Crippen LogP contribution is -2.32. The molecule has 0 saturated heterocycles. The van der Waals surface area contributed by atoms with E-state index < -0.39 is 0 Å². The van der Waals surface area contributed by atoms with Crippen LogP contribution in [0.2, 0.25) is 0 Å². The third-order valence-electron chi connectivity index (χ3n) is 4.12. The Balaban J connectivity index is 1.88. The lowest BCUT2D eigenvalue weighted by molar-refractivity contribution is 0.455. The maximum atomic E-state index is 9.47. The Kier molecular flexibility index (Phi) is 3.75. The second-order valence-corrected chi connectivity index (χ2v) is 5.73. The van der Waals surface area contributed by atoms with Crippen LogP contribution in [0.4, 0.5) is 0 Å². The van der Waals surface area contributed by atoms with Crippen molar-refractivity contribution in [1.82, 2.24) is 5.32 Å². The predicted octanol–water partition coefficient (Wildman–Crippen LogP) is 3.87. The van der Waals surface area contributed by atoms with Crippen molar-refractivity contribution in [3.8, 4) is 5.75 Å². The van der Waals surface area contributed by atoms with Crippen LogP contribution in [0.25, 0.3) is 0 Å². The van der Waals surface area contributed by atoms with Crippen molar-refractivity contribution in [3.63, 3.8) is 0 Å². The Morgan fingerprint density at radius 3 is 2.15 bits per heavy atom. The number of hydrogen-bond acceptors (Lipinski definition) is 2. The van der Waals surface area contributed by atoms with Crippen LogP contribution in [-0.4, -0.2) is 11.1 Å². The van der Waals surface area contributed by atoms with Gasteiger partial charge in [-0.15, -0.1) is 0 Å². The summed E-state index contributed by atoms with van der Waals surface area (Å²) in [5, 5.41) is 13.2. The summed E-state index contributed by atoms with van der Waals surface area (Å²) in [6.07, 6.45) is 2.68. The number of nitrogens with one attached hydrogen (secondary N) is 1. The molecule has 2 atom stereocenters. The van der Waals surface area contributed by atoms with E-state index in [1.54, 1.807) is 12.1 Å². The zero-order chi connectivity index (χ0) is 13.9. The van der Waals surface area contributed by atoms with Gasteiger partial charge in [0, 0.05) is 6.04 Å². The summed E-state index contributed by atoms with van der Waals surface area (Å²) in [7, 11) is 0. The first kappa shape index (κ1) is 13.2. The fraction of sp³-hybridized carbons (Fsp3) is 0.333. The quantitative estimate of drug-likeness (QED) is 0.862. The molecule has 0 aliphatic heterocycles. The second-order valence-electron chi connectivity index (χ2n) is 5.73. The van der Waals surface area contributed by atoms with Gasteiger partial charge in [0.2, 0.25) is 0 Å². The van der Waals surface area contributed by atoms with Crippen LogP contribution in [0, 0.1) is 5.92 Å². The van der Waals surface area contributed by atoms with Crippen molar-refractivity contribution in [2.45, 2.75) is 31.8 Å². The van der Waals surface area contributed by atoms with Crippen LogP contribution in [0.5, 0.6) is 5.75 Å². The Morgan fingerprint density at radius 2 is 1.55 bits per heavy atom. The number of aromatic hydroxyl groups is 1. The van der Waals surface area contributed by atoms with Crippen LogP contribution in [0.15, 0.2) is 54.6 Å². The number of phenolic OH excluding ortho intramolecular Hbond substituents is 1. The van der Waals surface area contributed by atoms with Gasteiger partial charge in [-0.05, 0) is 48.9 Å². The maximum absolute atomic E-state index is 9.47. The summed E-state index contributed by atoms with van der Waals surface area (Å²) in [6.45, 7) is 2.27. The minimum atomic E-state index is 0.187. The van der Waals surface area contributed by atoms with Gasteiger partial charge in [-0.2, -0.15) is 0 Å². The third kappa shape index (κ3) is 3.02. The van der Waals surface area contributed by atoms with Crippen LogP contribution in [-0.2, 0) is 0 Å². The number of hydrogen-bond donors (Lipinski definition) is 2. The first-order chi connectivity index (χ1) is 9.74. The molecule has 2 unspecified atom stereocenters. The molecule has 2 aromatic rings. The smallest absolute Gasteiger partial charge is 0.115 e. The Bertz CT molecular complexity index is 545. The van der Waals surface area contributed by atoms with Gasteiger partial charge in [0.05, 0.1) is 6.04 Å². The first-order valence-corrected chi connectivity index (χ1v) is 7.34. The monoisotopic (exact) mass is 267 g/mol.